The third kappa shape index (κ3) is 5.18. The molecule has 0 fully saturated rings. The van der Waals surface area contributed by atoms with Crippen LogP contribution >= 0.6 is 0 Å². The first-order valence-corrected chi connectivity index (χ1v) is 19.0. The van der Waals surface area contributed by atoms with Crippen molar-refractivity contribution in [3.63, 3.8) is 0 Å². The summed E-state index contributed by atoms with van der Waals surface area (Å²) in [7, 11) is 0. The molecule has 3 atom stereocenters. The minimum Gasteiger partial charge on any atom is -0.213 e. The van der Waals surface area contributed by atoms with Crippen molar-refractivity contribution in [3.8, 4) is 0 Å². The van der Waals surface area contributed by atoms with E-state index in [1.807, 2.05) is 54.6 Å². The fourth-order valence-electron chi connectivity index (χ4n) is 9.98. The number of nitrogens with zero attached hydrogens (tertiary/aromatic N) is 6. The van der Waals surface area contributed by atoms with Gasteiger partial charge in [0.25, 0.3) is 0 Å². The van der Waals surface area contributed by atoms with Crippen LogP contribution in [0.4, 0.5) is 0 Å². The van der Waals surface area contributed by atoms with Crippen LogP contribution in [0.25, 0.3) is 17.1 Å². The Labute approximate surface area is 322 Å². The standard InChI is InChI=1S/C48H40BN6/c1-36(2)49(46(40-27-15-6-16-28-40)33-43(50-53-46)37-21-9-3-10-22-37,47(41-29-17-7-18-30-41)34-44(51-54-47)38-23-11-4-12-24-38)48(42-31-19-8-20-32-42)35-45(52-55-48)39-25-13-5-14-26-39/h3-36H,1-2H3/q-1. The molecule has 9 rings (SSSR count). The van der Waals surface area contributed by atoms with Crippen LogP contribution in [-0.2, 0) is 16.3 Å². The monoisotopic (exact) mass is 711 g/mol. The summed E-state index contributed by atoms with van der Waals surface area (Å²) in [5, 5.41) is 32.3. The van der Waals surface area contributed by atoms with E-state index in [9.17, 15) is 0 Å². The summed E-state index contributed by atoms with van der Waals surface area (Å²) in [6.45, 7) is 4.61. The highest BCUT2D eigenvalue weighted by molar-refractivity contribution is 6.90. The lowest BCUT2D eigenvalue weighted by Gasteiger charge is -2.67. The molecule has 0 aliphatic carbocycles. The quantitative estimate of drug-likeness (QED) is 0.127. The Balaban J connectivity index is 1.50. The smallest absolute Gasteiger partial charge is 0.129 e. The molecule has 0 amide bonds. The van der Waals surface area contributed by atoms with Crippen molar-refractivity contribution >= 4 is 23.2 Å². The maximum atomic E-state index is 5.61. The summed E-state index contributed by atoms with van der Waals surface area (Å²) in [5.74, 6) is -0.137. The molecule has 7 heteroatoms. The van der Waals surface area contributed by atoms with Crippen molar-refractivity contribution in [1.82, 2.24) is 0 Å². The van der Waals surface area contributed by atoms with E-state index in [0.29, 0.717) is 0 Å². The molecule has 266 valence electrons. The number of azo groups is 3. The highest BCUT2D eigenvalue weighted by Crippen LogP contribution is 2.67. The van der Waals surface area contributed by atoms with Crippen molar-refractivity contribution in [2.24, 2.45) is 30.7 Å². The van der Waals surface area contributed by atoms with Crippen LogP contribution in [0.3, 0.4) is 0 Å². The predicted molar refractivity (Wildman–Crippen MR) is 223 cm³/mol. The van der Waals surface area contributed by atoms with Crippen LogP contribution in [0.1, 0.15) is 47.2 Å². The van der Waals surface area contributed by atoms with Gasteiger partial charge in [-0.3, -0.25) is 0 Å². The first-order valence-electron chi connectivity index (χ1n) is 19.0. The lowest BCUT2D eigenvalue weighted by molar-refractivity contribution is 0.533. The van der Waals surface area contributed by atoms with Crippen molar-refractivity contribution in [1.29, 1.82) is 0 Å². The average molecular weight is 712 g/mol. The zero-order valence-electron chi connectivity index (χ0n) is 30.9. The van der Waals surface area contributed by atoms with Crippen LogP contribution in [0.5, 0.6) is 0 Å². The molecule has 0 saturated carbocycles. The second kappa shape index (κ2) is 13.7. The van der Waals surface area contributed by atoms with Gasteiger partial charge in [0.15, 0.2) is 0 Å². The summed E-state index contributed by atoms with van der Waals surface area (Å²) in [6.07, 6.45) is 4.55. The van der Waals surface area contributed by atoms with Crippen molar-refractivity contribution in [3.05, 3.63) is 234 Å². The zero-order valence-corrected chi connectivity index (χ0v) is 30.9. The topological polar surface area (TPSA) is 74.2 Å². The first kappa shape index (κ1) is 34.2. The molecule has 0 N–H and O–H groups in total. The van der Waals surface area contributed by atoms with E-state index < -0.39 is 22.5 Å². The van der Waals surface area contributed by atoms with Gasteiger partial charge in [0.1, 0.15) is 6.15 Å². The molecule has 6 aromatic carbocycles. The van der Waals surface area contributed by atoms with Gasteiger partial charge in [0, 0.05) is 33.0 Å². The van der Waals surface area contributed by atoms with Crippen LogP contribution in [0.2, 0.25) is 5.82 Å². The minimum absolute atomic E-state index is 0.137. The van der Waals surface area contributed by atoms with Gasteiger partial charge in [0.05, 0.1) is 17.1 Å². The maximum absolute atomic E-state index is 5.61. The van der Waals surface area contributed by atoms with Crippen molar-refractivity contribution in [2.45, 2.75) is 36.0 Å². The van der Waals surface area contributed by atoms with Crippen LogP contribution in [0.15, 0.2) is 231 Å². The van der Waals surface area contributed by atoms with Crippen molar-refractivity contribution < 1.29 is 0 Å². The van der Waals surface area contributed by atoms with Gasteiger partial charge in [-0.15, -0.1) is 0 Å². The molecule has 3 aliphatic rings. The molecular weight excluding hydrogens is 671 g/mol. The lowest BCUT2D eigenvalue weighted by Crippen LogP contribution is -2.76. The highest BCUT2D eigenvalue weighted by Gasteiger charge is 2.71. The molecular formula is C48H40BN6-. The van der Waals surface area contributed by atoms with E-state index >= 15 is 0 Å². The Bertz CT molecular complexity index is 2220. The van der Waals surface area contributed by atoms with Gasteiger partial charge < -0.3 is 0 Å². The van der Waals surface area contributed by atoms with Crippen LogP contribution in [-0.4, -0.2) is 6.15 Å². The molecule has 0 spiro atoms. The first-order chi connectivity index (χ1) is 27.0. The summed E-state index contributed by atoms with van der Waals surface area (Å²) < 4.78 is 0. The molecule has 0 saturated heterocycles. The van der Waals surface area contributed by atoms with E-state index in [2.05, 4.69) is 159 Å². The summed E-state index contributed by atoms with van der Waals surface area (Å²) >= 11 is 0. The normalized spacial score (nSPS) is 23.7. The third-order valence-electron chi connectivity index (χ3n) is 12.0. The fourth-order valence-corrected chi connectivity index (χ4v) is 9.98. The molecule has 6 aromatic rings. The SMILES string of the molecule is CC(C)[B-](C1(c2ccccc2)C=C(c2ccccc2)N=N1)(C1(c2ccccc2)C=C(c2ccccc2)N=N1)C1(c2ccccc2)C=C(c2ccccc2)N=N1. The Morgan fingerprint density at radius 3 is 0.818 bits per heavy atom. The Morgan fingerprint density at radius 2 is 0.582 bits per heavy atom. The molecule has 6 nitrogen and oxygen atoms in total. The number of hydrogen-bond donors (Lipinski definition) is 0. The van der Waals surface area contributed by atoms with E-state index in [-0.39, 0.29) is 5.82 Å². The second-order valence-electron chi connectivity index (χ2n) is 15.0. The lowest BCUT2D eigenvalue weighted by atomic mass is 8.97. The summed E-state index contributed by atoms with van der Waals surface area (Å²) in [4.78, 5) is 0. The average Bonchev–Trinajstić information content (AvgIpc) is 4.03. The fraction of sp³-hybridized carbons (Fsp3) is 0.125. The number of benzene rings is 6. The van der Waals surface area contributed by atoms with Gasteiger partial charge in [-0.25, -0.2) is 15.3 Å². The predicted octanol–water partition coefficient (Wildman–Crippen LogP) is 12.7. The third-order valence-corrected chi connectivity index (χ3v) is 12.0. The highest BCUT2D eigenvalue weighted by atomic mass is 15.2. The molecule has 55 heavy (non-hydrogen) atoms. The largest absolute Gasteiger partial charge is 0.213 e. The van der Waals surface area contributed by atoms with E-state index in [0.717, 1.165) is 50.5 Å². The Hall–Kier alpha value is -6.60. The molecule has 3 heterocycles. The van der Waals surface area contributed by atoms with E-state index in [1.165, 1.54) is 0 Å². The molecule has 0 radical (unpaired) electrons. The maximum Gasteiger partial charge on any atom is 0.129 e. The van der Waals surface area contributed by atoms with Gasteiger partial charge in [-0.1, -0.05) is 231 Å². The summed E-state index contributed by atoms with van der Waals surface area (Å²) in [5.41, 5.74) is 5.01. The number of hydrogen-bond acceptors (Lipinski definition) is 6. The van der Waals surface area contributed by atoms with E-state index in [4.69, 9.17) is 30.7 Å². The van der Waals surface area contributed by atoms with Gasteiger partial charge in [-0.05, 0) is 0 Å². The zero-order chi connectivity index (χ0) is 37.4. The second-order valence-corrected chi connectivity index (χ2v) is 15.0. The van der Waals surface area contributed by atoms with Crippen LogP contribution in [0, 0.1) is 0 Å². The summed E-state index contributed by atoms with van der Waals surface area (Å²) in [6, 6.07) is 62.8. The molecule has 0 bridgehead atoms. The minimum atomic E-state index is -2.33. The van der Waals surface area contributed by atoms with Gasteiger partial charge in [-0.2, -0.15) is 21.2 Å². The molecule has 3 unspecified atom stereocenters. The van der Waals surface area contributed by atoms with Crippen molar-refractivity contribution in [2.75, 3.05) is 0 Å². The Morgan fingerprint density at radius 1 is 0.345 bits per heavy atom. The van der Waals surface area contributed by atoms with Gasteiger partial charge >= 0.3 is 0 Å². The Kier molecular flexibility index (Phi) is 8.50. The van der Waals surface area contributed by atoms with Gasteiger partial charge in [0.2, 0.25) is 0 Å². The molecule has 0 aromatic heterocycles. The van der Waals surface area contributed by atoms with E-state index in [1.54, 1.807) is 0 Å². The number of rotatable bonds is 10. The molecule has 3 aliphatic heterocycles. The van der Waals surface area contributed by atoms with Crippen LogP contribution < -0.4 is 0 Å².